The Hall–Kier alpha value is -1.38. The van der Waals surface area contributed by atoms with Crippen LogP contribution in [0.5, 0.6) is 5.75 Å². The summed E-state index contributed by atoms with van der Waals surface area (Å²) >= 11 is 0. The van der Waals surface area contributed by atoms with Crippen LogP contribution in [0.1, 0.15) is 33.6 Å². The van der Waals surface area contributed by atoms with E-state index in [9.17, 15) is 0 Å². The maximum atomic E-state index is 6.16. The molecule has 2 N–H and O–H groups in total. The maximum absolute atomic E-state index is 6.16. The van der Waals surface area contributed by atoms with Gasteiger partial charge in [-0.3, -0.25) is 0 Å². The van der Waals surface area contributed by atoms with Gasteiger partial charge >= 0.3 is 0 Å². The summed E-state index contributed by atoms with van der Waals surface area (Å²) in [5.41, 5.74) is 7.97. The van der Waals surface area contributed by atoms with E-state index in [1.165, 1.54) is 0 Å². The molecular weight excluding hydrogens is 224 g/mol. The Labute approximate surface area is 111 Å². The van der Waals surface area contributed by atoms with Gasteiger partial charge in [0.1, 0.15) is 5.75 Å². The van der Waals surface area contributed by atoms with Gasteiger partial charge in [-0.2, -0.15) is 0 Å². The van der Waals surface area contributed by atoms with Gasteiger partial charge in [0.05, 0.1) is 18.0 Å². The number of para-hydroxylation sites is 1. The average Bonchev–Trinajstić information content (AvgIpc) is 2.34. The van der Waals surface area contributed by atoms with Gasteiger partial charge in [-0.1, -0.05) is 26.8 Å². The van der Waals surface area contributed by atoms with Gasteiger partial charge in [-0.25, -0.2) is 0 Å². The van der Waals surface area contributed by atoms with Crippen molar-refractivity contribution in [3.63, 3.8) is 0 Å². The Balaban J connectivity index is 2.75. The van der Waals surface area contributed by atoms with Gasteiger partial charge < -0.3 is 15.4 Å². The Kier molecular flexibility index (Phi) is 5.83. The van der Waals surface area contributed by atoms with Crippen LogP contribution in [0.25, 0.3) is 0 Å². The van der Waals surface area contributed by atoms with Crippen molar-refractivity contribution in [1.29, 1.82) is 0 Å². The number of benzene rings is 1. The van der Waals surface area contributed by atoms with E-state index < -0.39 is 0 Å². The predicted octanol–water partition coefficient (Wildman–Crippen LogP) is 3.54. The summed E-state index contributed by atoms with van der Waals surface area (Å²) in [6, 6.07) is 5.99. The van der Waals surface area contributed by atoms with Crippen LogP contribution < -0.4 is 15.4 Å². The lowest BCUT2D eigenvalue weighted by molar-refractivity contribution is 0.319. The third-order valence-corrected chi connectivity index (χ3v) is 2.96. The molecule has 0 radical (unpaired) electrons. The number of hydrogen-bond donors (Lipinski definition) is 1. The molecule has 0 atom stereocenters. The topological polar surface area (TPSA) is 38.5 Å². The molecular formula is C15H26N2O. The normalized spacial score (nSPS) is 10.7. The third-order valence-electron chi connectivity index (χ3n) is 2.96. The highest BCUT2D eigenvalue weighted by atomic mass is 16.5. The minimum absolute atomic E-state index is 0.702. The Morgan fingerprint density at radius 2 is 2.06 bits per heavy atom. The van der Waals surface area contributed by atoms with Crippen molar-refractivity contribution in [2.24, 2.45) is 5.92 Å². The zero-order valence-corrected chi connectivity index (χ0v) is 12.1. The molecule has 1 aromatic rings. The van der Waals surface area contributed by atoms with E-state index in [1.54, 1.807) is 0 Å². The van der Waals surface area contributed by atoms with Crippen molar-refractivity contribution in [3.8, 4) is 5.75 Å². The zero-order valence-electron chi connectivity index (χ0n) is 12.1. The van der Waals surface area contributed by atoms with Crippen LogP contribution in [0.4, 0.5) is 11.4 Å². The number of anilines is 2. The molecule has 3 nitrogen and oxygen atoms in total. The Morgan fingerprint density at radius 1 is 1.33 bits per heavy atom. The van der Waals surface area contributed by atoms with Crippen LogP contribution in [0, 0.1) is 5.92 Å². The largest absolute Gasteiger partial charge is 0.491 e. The van der Waals surface area contributed by atoms with Crippen molar-refractivity contribution >= 4 is 11.4 Å². The molecule has 0 amide bonds. The second-order valence-corrected chi connectivity index (χ2v) is 5.14. The Morgan fingerprint density at radius 3 is 2.67 bits per heavy atom. The lowest BCUT2D eigenvalue weighted by Crippen LogP contribution is -2.21. The molecule has 1 aromatic carbocycles. The molecule has 0 heterocycles. The summed E-state index contributed by atoms with van der Waals surface area (Å²) in [5.74, 6) is 1.50. The highest BCUT2D eigenvalue weighted by Crippen LogP contribution is 2.31. The van der Waals surface area contributed by atoms with Gasteiger partial charge in [0.2, 0.25) is 0 Å². The van der Waals surface area contributed by atoms with E-state index in [-0.39, 0.29) is 0 Å². The van der Waals surface area contributed by atoms with E-state index >= 15 is 0 Å². The van der Waals surface area contributed by atoms with Crippen LogP contribution >= 0.6 is 0 Å². The first kappa shape index (κ1) is 14.7. The first-order valence-electron chi connectivity index (χ1n) is 6.78. The molecule has 0 aliphatic carbocycles. The van der Waals surface area contributed by atoms with Gasteiger partial charge in [0, 0.05) is 13.6 Å². The lowest BCUT2D eigenvalue weighted by Gasteiger charge is -2.23. The molecule has 1 rings (SSSR count). The Bertz CT molecular complexity index is 364. The summed E-state index contributed by atoms with van der Waals surface area (Å²) in [4.78, 5) is 2.20. The number of rotatable bonds is 7. The fraction of sp³-hybridized carbons (Fsp3) is 0.600. The minimum Gasteiger partial charge on any atom is -0.491 e. The van der Waals surface area contributed by atoms with Gasteiger partial charge in [-0.15, -0.1) is 0 Å². The number of nitrogens with zero attached hydrogens (tertiary/aromatic N) is 1. The van der Waals surface area contributed by atoms with Gasteiger partial charge in [0.15, 0.2) is 0 Å². The van der Waals surface area contributed by atoms with Crippen molar-refractivity contribution in [2.45, 2.75) is 33.6 Å². The van der Waals surface area contributed by atoms with Crippen LogP contribution in [0.3, 0.4) is 0 Å². The van der Waals surface area contributed by atoms with E-state index in [2.05, 4.69) is 38.8 Å². The molecule has 102 valence electrons. The molecule has 0 aromatic heterocycles. The first-order chi connectivity index (χ1) is 8.56. The fourth-order valence-corrected chi connectivity index (χ4v) is 1.78. The standard InChI is InChI=1S/C15H26N2O/c1-5-11-18-14-8-6-7-13(15(14)16)17(4)10-9-12(2)3/h6-8,12H,5,9-11,16H2,1-4H3. The molecule has 0 spiro atoms. The zero-order chi connectivity index (χ0) is 13.5. The summed E-state index contributed by atoms with van der Waals surface area (Å²) in [5, 5.41) is 0. The van der Waals surface area contributed by atoms with Crippen molar-refractivity contribution in [3.05, 3.63) is 18.2 Å². The van der Waals surface area contributed by atoms with E-state index in [1.807, 2.05) is 12.1 Å². The second kappa shape index (κ2) is 7.14. The molecule has 0 bridgehead atoms. The first-order valence-corrected chi connectivity index (χ1v) is 6.78. The fourth-order valence-electron chi connectivity index (χ4n) is 1.78. The van der Waals surface area contributed by atoms with Gasteiger partial charge in [-0.05, 0) is 30.9 Å². The highest BCUT2D eigenvalue weighted by Gasteiger charge is 2.10. The maximum Gasteiger partial charge on any atom is 0.144 e. The monoisotopic (exact) mass is 250 g/mol. The number of nitrogens with two attached hydrogens (primary N) is 1. The quantitative estimate of drug-likeness (QED) is 0.752. The van der Waals surface area contributed by atoms with Crippen molar-refractivity contribution < 1.29 is 4.74 Å². The van der Waals surface area contributed by atoms with Crippen LogP contribution in [-0.4, -0.2) is 20.2 Å². The molecule has 0 fully saturated rings. The molecule has 0 aliphatic rings. The third kappa shape index (κ3) is 4.13. The number of ether oxygens (including phenoxy) is 1. The van der Waals surface area contributed by atoms with Crippen molar-refractivity contribution in [1.82, 2.24) is 0 Å². The summed E-state index contributed by atoms with van der Waals surface area (Å²) in [6.45, 7) is 8.28. The molecule has 0 unspecified atom stereocenters. The smallest absolute Gasteiger partial charge is 0.144 e. The number of hydrogen-bond acceptors (Lipinski definition) is 3. The highest BCUT2D eigenvalue weighted by molar-refractivity contribution is 5.73. The number of nitrogen functional groups attached to an aromatic ring is 1. The minimum atomic E-state index is 0.702. The second-order valence-electron chi connectivity index (χ2n) is 5.14. The molecule has 0 saturated heterocycles. The summed E-state index contributed by atoms with van der Waals surface area (Å²) in [6.07, 6.45) is 2.16. The SMILES string of the molecule is CCCOc1cccc(N(C)CCC(C)C)c1N. The summed E-state index contributed by atoms with van der Waals surface area (Å²) in [7, 11) is 2.08. The lowest BCUT2D eigenvalue weighted by atomic mass is 10.1. The summed E-state index contributed by atoms with van der Waals surface area (Å²) < 4.78 is 5.65. The molecule has 3 heteroatoms. The van der Waals surface area contributed by atoms with Crippen LogP contribution in [0.15, 0.2) is 18.2 Å². The average molecular weight is 250 g/mol. The predicted molar refractivity (Wildman–Crippen MR) is 79.4 cm³/mol. The van der Waals surface area contributed by atoms with E-state index in [0.29, 0.717) is 12.5 Å². The van der Waals surface area contributed by atoms with Crippen LogP contribution in [0.2, 0.25) is 0 Å². The molecule has 0 saturated carbocycles. The van der Waals surface area contributed by atoms with Crippen molar-refractivity contribution in [2.75, 3.05) is 30.8 Å². The van der Waals surface area contributed by atoms with Gasteiger partial charge in [0.25, 0.3) is 0 Å². The molecule has 18 heavy (non-hydrogen) atoms. The van der Waals surface area contributed by atoms with E-state index in [4.69, 9.17) is 10.5 Å². The molecule has 0 aliphatic heterocycles. The van der Waals surface area contributed by atoms with Crippen LogP contribution in [-0.2, 0) is 0 Å². The van der Waals surface area contributed by atoms with E-state index in [0.717, 1.165) is 36.5 Å².